The number of hydrogen-bond acceptors (Lipinski definition) is 7. The number of fused-ring (bicyclic) bond motifs is 1. The quantitative estimate of drug-likeness (QED) is 0.376. The molecule has 0 bridgehead atoms. The van der Waals surface area contributed by atoms with E-state index in [4.69, 9.17) is 5.11 Å². The standard InChI is InChI=1S/C23H22FN5O2S/c1-14(17-10-18(24)12-25-11-17)27-23-28-19-7-9-32-21(19)20(29-23)22(31)26-8-6-15-2-4-16(13-30)5-3-15/h2-5,7,9-12,14,30H,6,8,13H2,1H3,(H,26,31)(H,27,28,29). The first-order chi connectivity index (χ1) is 15.5. The second kappa shape index (κ2) is 9.80. The topological polar surface area (TPSA) is 100 Å². The maximum absolute atomic E-state index is 13.5. The highest BCUT2D eigenvalue weighted by Crippen LogP contribution is 2.25. The predicted molar refractivity (Wildman–Crippen MR) is 122 cm³/mol. The molecule has 0 saturated carbocycles. The van der Waals surface area contributed by atoms with E-state index in [0.717, 1.165) is 17.3 Å². The number of anilines is 1. The Bertz CT molecular complexity index is 1230. The number of benzene rings is 1. The summed E-state index contributed by atoms with van der Waals surface area (Å²) in [5.74, 6) is -0.413. The molecule has 0 radical (unpaired) electrons. The van der Waals surface area contributed by atoms with Crippen molar-refractivity contribution >= 4 is 33.4 Å². The number of nitrogens with one attached hydrogen (secondary N) is 2. The van der Waals surface area contributed by atoms with Gasteiger partial charge in [0.15, 0.2) is 5.69 Å². The Morgan fingerprint density at radius 3 is 2.69 bits per heavy atom. The minimum absolute atomic E-state index is 0.00620. The zero-order valence-electron chi connectivity index (χ0n) is 17.4. The Morgan fingerprint density at radius 2 is 1.94 bits per heavy atom. The molecule has 0 aliphatic heterocycles. The Balaban J connectivity index is 1.47. The van der Waals surface area contributed by atoms with E-state index in [1.165, 1.54) is 17.4 Å². The van der Waals surface area contributed by atoms with Gasteiger partial charge < -0.3 is 15.7 Å². The molecule has 0 aliphatic carbocycles. The largest absolute Gasteiger partial charge is 0.392 e. The maximum Gasteiger partial charge on any atom is 0.271 e. The van der Waals surface area contributed by atoms with Crippen LogP contribution in [0.5, 0.6) is 0 Å². The molecule has 7 nitrogen and oxygen atoms in total. The van der Waals surface area contributed by atoms with Crippen molar-refractivity contribution in [2.75, 3.05) is 11.9 Å². The van der Waals surface area contributed by atoms with E-state index in [2.05, 4.69) is 25.6 Å². The summed E-state index contributed by atoms with van der Waals surface area (Å²) >= 11 is 1.41. The van der Waals surface area contributed by atoms with Crippen LogP contribution in [0.2, 0.25) is 0 Å². The molecule has 164 valence electrons. The summed E-state index contributed by atoms with van der Waals surface area (Å²) in [5.41, 5.74) is 3.53. The lowest BCUT2D eigenvalue weighted by atomic mass is 10.1. The van der Waals surface area contributed by atoms with Gasteiger partial charge in [-0.15, -0.1) is 11.3 Å². The van der Waals surface area contributed by atoms with Crippen molar-refractivity contribution in [1.82, 2.24) is 20.3 Å². The SMILES string of the molecule is CC(Nc1nc(C(=O)NCCc2ccc(CO)cc2)c2sccc2n1)c1cncc(F)c1. The fourth-order valence-corrected chi connectivity index (χ4v) is 4.06. The molecule has 3 N–H and O–H groups in total. The Morgan fingerprint density at radius 1 is 1.16 bits per heavy atom. The monoisotopic (exact) mass is 451 g/mol. The van der Waals surface area contributed by atoms with Crippen LogP contribution in [0.3, 0.4) is 0 Å². The molecule has 4 rings (SSSR count). The zero-order chi connectivity index (χ0) is 22.5. The molecule has 32 heavy (non-hydrogen) atoms. The van der Waals surface area contributed by atoms with Gasteiger partial charge >= 0.3 is 0 Å². The number of amides is 1. The first-order valence-electron chi connectivity index (χ1n) is 10.1. The molecule has 1 unspecified atom stereocenters. The number of carbonyl (C=O) groups excluding carboxylic acids is 1. The van der Waals surface area contributed by atoms with Crippen LogP contribution in [-0.4, -0.2) is 32.5 Å². The van der Waals surface area contributed by atoms with Crippen molar-refractivity contribution in [3.63, 3.8) is 0 Å². The van der Waals surface area contributed by atoms with Crippen LogP contribution in [0, 0.1) is 5.82 Å². The third kappa shape index (κ3) is 5.06. The lowest BCUT2D eigenvalue weighted by Gasteiger charge is -2.15. The summed E-state index contributed by atoms with van der Waals surface area (Å²) in [6.45, 7) is 2.30. The molecule has 1 atom stereocenters. The van der Waals surface area contributed by atoms with Crippen LogP contribution < -0.4 is 10.6 Å². The smallest absolute Gasteiger partial charge is 0.271 e. The van der Waals surface area contributed by atoms with Crippen molar-refractivity contribution in [2.45, 2.75) is 26.0 Å². The molecular formula is C23H22FN5O2S. The first-order valence-corrected chi connectivity index (χ1v) is 11.0. The number of pyridine rings is 1. The normalized spacial score (nSPS) is 12.0. The van der Waals surface area contributed by atoms with Gasteiger partial charge in [0, 0.05) is 12.7 Å². The van der Waals surface area contributed by atoms with Crippen molar-refractivity contribution in [1.29, 1.82) is 0 Å². The summed E-state index contributed by atoms with van der Waals surface area (Å²) in [5, 5.41) is 17.0. The van der Waals surface area contributed by atoms with E-state index in [-0.39, 0.29) is 24.5 Å². The number of hydrogen-bond donors (Lipinski definition) is 3. The number of aliphatic hydroxyl groups excluding tert-OH is 1. The van der Waals surface area contributed by atoms with Crippen molar-refractivity contribution in [3.05, 3.63) is 82.4 Å². The summed E-state index contributed by atoms with van der Waals surface area (Å²) < 4.78 is 14.2. The lowest BCUT2D eigenvalue weighted by Crippen LogP contribution is -2.27. The Labute approximate surface area is 188 Å². The molecule has 3 heterocycles. The van der Waals surface area contributed by atoms with Crippen LogP contribution in [0.15, 0.2) is 54.2 Å². The highest BCUT2D eigenvalue weighted by Gasteiger charge is 2.17. The van der Waals surface area contributed by atoms with Crippen LogP contribution in [0.4, 0.5) is 10.3 Å². The van der Waals surface area contributed by atoms with Gasteiger partial charge in [0.1, 0.15) is 5.82 Å². The number of nitrogens with zero attached hydrogens (tertiary/aromatic N) is 3. The summed E-state index contributed by atoms with van der Waals surface area (Å²) in [7, 11) is 0. The van der Waals surface area contributed by atoms with E-state index in [1.807, 2.05) is 42.6 Å². The number of carbonyl (C=O) groups is 1. The average molecular weight is 452 g/mol. The van der Waals surface area contributed by atoms with Crippen LogP contribution in [0.1, 0.15) is 40.1 Å². The second-order valence-corrected chi connectivity index (χ2v) is 8.23. The molecule has 0 aliphatic rings. The van der Waals surface area contributed by atoms with Gasteiger partial charge in [0.2, 0.25) is 5.95 Å². The van der Waals surface area contributed by atoms with E-state index in [0.29, 0.717) is 34.4 Å². The maximum atomic E-state index is 13.5. The lowest BCUT2D eigenvalue weighted by molar-refractivity contribution is 0.0951. The summed E-state index contributed by atoms with van der Waals surface area (Å²) in [4.78, 5) is 25.7. The number of rotatable bonds is 8. The number of aliphatic hydroxyl groups is 1. The third-order valence-electron chi connectivity index (χ3n) is 5.00. The minimum Gasteiger partial charge on any atom is -0.392 e. The minimum atomic E-state index is -0.420. The molecule has 0 fully saturated rings. The molecule has 3 aromatic heterocycles. The summed E-state index contributed by atoms with van der Waals surface area (Å²) in [6, 6.07) is 10.5. The molecule has 0 saturated heterocycles. The van der Waals surface area contributed by atoms with Crippen LogP contribution in [0.25, 0.3) is 10.2 Å². The molecule has 1 amide bonds. The Hall–Kier alpha value is -3.43. The number of thiophene rings is 1. The van der Waals surface area contributed by atoms with Crippen LogP contribution >= 0.6 is 11.3 Å². The molecule has 9 heteroatoms. The highest BCUT2D eigenvalue weighted by molar-refractivity contribution is 7.17. The van der Waals surface area contributed by atoms with Gasteiger partial charge in [0.05, 0.1) is 29.1 Å². The predicted octanol–water partition coefficient (Wildman–Crippen LogP) is 3.86. The van der Waals surface area contributed by atoms with Gasteiger partial charge in [-0.2, -0.15) is 0 Å². The fourth-order valence-electron chi connectivity index (χ4n) is 3.24. The molecule has 4 aromatic rings. The van der Waals surface area contributed by atoms with E-state index in [9.17, 15) is 9.18 Å². The molecule has 0 spiro atoms. The van der Waals surface area contributed by atoms with Crippen LogP contribution in [-0.2, 0) is 13.0 Å². The van der Waals surface area contributed by atoms with Crippen molar-refractivity contribution < 1.29 is 14.3 Å². The average Bonchev–Trinajstić information content (AvgIpc) is 3.27. The summed E-state index contributed by atoms with van der Waals surface area (Å²) in [6.07, 6.45) is 3.38. The molecular weight excluding hydrogens is 429 g/mol. The van der Waals surface area contributed by atoms with Crippen molar-refractivity contribution in [3.8, 4) is 0 Å². The van der Waals surface area contributed by atoms with Crippen molar-refractivity contribution in [2.24, 2.45) is 0 Å². The second-order valence-electron chi connectivity index (χ2n) is 7.31. The van der Waals surface area contributed by atoms with E-state index < -0.39 is 5.82 Å². The molecule has 1 aromatic carbocycles. The third-order valence-corrected chi connectivity index (χ3v) is 5.91. The highest BCUT2D eigenvalue weighted by atomic mass is 32.1. The first kappa shape index (κ1) is 21.8. The van der Waals surface area contributed by atoms with Gasteiger partial charge in [-0.3, -0.25) is 9.78 Å². The van der Waals surface area contributed by atoms with E-state index in [1.54, 1.807) is 6.20 Å². The van der Waals surface area contributed by atoms with Gasteiger partial charge in [-0.25, -0.2) is 14.4 Å². The van der Waals surface area contributed by atoms with Gasteiger partial charge in [0.25, 0.3) is 5.91 Å². The van der Waals surface area contributed by atoms with Gasteiger partial charge in [-0.05, 0) is 47.5 Å². The fraction of sp³-hybridized carbons (Fsp3) is 0.217. The van der Waals surface area contributed by atoms with E-state index >= 15 is 0 Å². The van der Waals surface area contributed by atoms with Gasteiger partial charge in [-0.1, -0.05) is 24.3 Å². The Kier molecular flexibility index (Phi) is 6.67. The number of halogens is 1. The number of aromatic nitrogens is 3. The zero-order valence-corrected chi connectivity index (χ0v) is 18.2.